The minimum Gasteiger partial charge on any atom is -0.322 e. The second-order valence-corrected chi connectivity index (χ2v) is 6.91. The molecule has 0 atom stereocenters. The molecule has 1 aromatic heterocycles. The molecule has 0 radical (unpaired) electrons. The molecule has 0 fully saturated rings. The molecule has 142 valence electrons. The van der Waals surface area contributed by atoms with Crippen molar-refractivity contribution in [1.82, 2.24) is 4.57 Å². The van der Waals surface area contributed by atoms with E-state index in [2.05, 4.69) is 5.32 Å². The van der Waals surface area contributed by atoms with Crippen LogP contribution in [0.4, 0.5) is 5.69 Å². The Bertz CT molecular complexity index is 1110. The van der Waals surface area contributed by atoms with E-state index in [-0.39, 0.29) is 22.8 Å². The van der Waals surface area contributed by atoms with Crippen molar-refractivity contribution in [2.75, 3.05) is 5.32 Å². The summed E-state index contributed by atoms with van der Waals surface area (Å²) in [5.41, 5.74) is 3.71. The third kappa shape index (κ3) is 3.78. The molecule has 0 aliphatic carbocycles. The van der Waals surface area contributed by atoms with Crippen LogP contribution in [0.3, 0.4) is 0 Å². The highest BCUT2D eigenvalue weighted by atomic mass is 16.2. The van der Waals surface area contributed by atoms with E-state index < -0.39 is 5.56 Å². The largest absolute Gasteiger partial charge is 0.322 e. The highest BCUT2D eigenvalue weighted by Gasteiger charge is 2.20. The predicted molar refractivity (Wildman–Crippen MR) is 111 cm³/mol. The van der Waals surface area contributed by atoms with Gasteiger partial charge in [0.05, 0.1) is 11.1 Å². The van der Waals surface area contributed by atoms with E-state index in [9.17, 15) is 14.4 Å². The fraction of sp³-hybridized carbons (Fsp3) is 0.174. The smallest absolute Gasteiger partial charge is 0.266 e. The van der Waals surface area contributed by atoms with Crippen LogP contribution in [0.15, 0.2) is 59.4 Å². The van der Waals surface area contributed by atoms with Crippen molar-refractivity contribution in [3.8, 4) is 5.69 Å². The molecule has 0 spiro atoms. The molecule has 0 unspecified atom stereocenters. The van der Waals surface area contributed by atoms with Gasteiger partial charge in [0.2, 0.25) is 0 Å². The summed E-state index contributed by atoms with van der Waals surface area (Å²) in [6.07, 6.45) is 0. The molecule has 1 heterocycles. The molecule has 1 amide bonds. The zero-order valence-corrected chi connectivity index (χ0v) is 16.4. The van der Waals surface area contributed by atoms with Gasteiger partial charge in [0.1, 0.15) is 0 Å². The Morgan fingerprint density at radius 2 is 1.36 bits per heavy atom. The van der Waals surface area contributed by atoms with Crippen molar-refractivity contribution in [3.63, 3.8) is 0 Å². The summed E-state index contributed by atoms with van der Waals surface area (Å²) in [5.74, 6) is -0.750. The SMILES string of the molecule is CC(=O)c1cc(C(=O)Nc2ccc(C)cc2)c(C)n(-c2ccc(C)cc2)c1=O. The van der Waals surface area contributed by atoms with Crippen LogP contribution in [0.1, 0.15) is 44.5 Å². The number of Topliss-reactive ketones (excluding diaryl/α,β-unsaturated/α-hetero) is 1. The van der Waals surface area contributed by atoms with Crippen molar-refractivity contribution in [2.24, 2.45) is 0 Å². The minimum absolute atomic E-state index is 0.0137. The molecule has 0 saturated carbocycles. The highest BCUT2D eigenvalue weighted by molar-refractivity contribution is 6.06. The van der Waals surface area contributed by atoms with E-state index in [0.29, 0.717) is 17.1 Å². The quantitative estimate of drug-likeness (QED) is 0.695. The fourth-order valence-electron chi connectivity index (χ4n) is 3.03. The lowest BCUT2D eigenvalue weighted by Crippen LogP contribution is -2.29. The van der Waals surface area contributed by atoms with Gasteiger partial charge in [-0.25, -0.2) is 0 Å². The number of carbonyl (C=O) groups is 2. The summed E-state index contributed by atoms with van der Waals surface area (Å²) < 4.78 is 1.42. The summed E-state index contributed by atoms with van der Waals surface area (Å²) in [7, 11) is 0. The normalized spacial score (nSPS) is 10.6. The first-order chi connectivity index (χ1) is 13.3. The van der Waals surface area contributed by atoms with E-state index >= 15 is 0 Å². The Hall–Kier alpha value is -3.47. The van der Waals surface area contributed by atoms with Crippen LogP contribution in [0, 0.1) is 20.8 Å². The molecule has 5 nitrogen and oxygen atoms in total. The molecule has 0 bridgehead atoms. The van der Waals surface area contributed by atoms with Gasteiger partial charge in [-0.05, 0) is 58.0 Å². The lowest BCUT2D eigenvalue weighted by molar-refractivity contribution is 0.101. The van der Waals surface area contributed by atoms with Crippen molar-refractivity contribution < 1.29 is 9.59 Å². The van der Waals surface area contributed by atoms with Crippen molar-refractivity contribution in [1.29, 1.82) is 0 Å². The number of ketones is 1. The molecule has 28 heavy (non-hydrogen) atoms. The minimum atomic E-state index is -0.430. The monoisotopic (exact) mass is 374 g/mol. The summed E-state index contributed by atoms with van der Waals surface area (Å²) in [6.45, 7) is 6.95. The van der Waals surface area contributed by atoms with Crippen molar-refractivity contribution in [3.05, 3.63) is 92.9 Å². The number of hydrogen-bond donors (Lipinski definition) is 1. The zero-order valence-electron chi connectivity index (χ0n) is 16.4. The number of benzene rings is 2. The molecular formula is C23H22N2O3. The van der Waals surface area contributed by atoms with Crippen molar-refractivity contribution >= 4 is 17.4 Å². The molecule has 5 heteroatoms. The first-order valence-electron chi connectivity index (χ1n) is 9.00. The van der Waals surface area contributed by atoms with Gasteiger partial charge >= 0.3 is 0 Å². The average Bonchev–Trinajstić information content (AvgIpc) is 2.65. The number of nitrogens with one attached hydrogen (secondary N) is 1. The third-order valence-corrected chi connectivity index (χ3v) is 4.67. The molecule has 1 N–H and O–H groups in total. The molecule has 2 aromatic carbocycles. The van der Waals surface area contributed by atoms with E-state index in [1.807, 2.05) is 50.2 Å². The van der Waals surface area contributed by atoms with E-state index in [1.54, 1.807) is 19.1 Å². The Balaban J connectivity index is 2.14. The first-order valence-corrected chi connectivity index (χ1v) is 9.00. The second-order valence-electron chi connectivity index (χ2n) is 6.91. The van der Waals surface area contributed by atoms with Gasteiger partial charge in [-0.2, -0.15) is 0 Å². The number of hydrogen-bond acceptors (Lipinski definition) is 3. The fourth-order valence-corrected chi connectivity index (χ4v) is 3.03. The van der Waals surface area contributed by atoms with Gasteiger partial charge in [0.25, 0.3) is 11.5 Å². The summed E-state index contributed by atoms with van der Waals surface area (Å²) in [4.78, 5) is 37.8. The lowest BCUT2D eigenvalue weighted by atomic mass is 10.1. The number of carbonyl (C=O) groups excluding carboxylic acids is 2. The van der Waals surface area contributed by atoms with E-state index in [1.165, 1.54) is 17.6 Å². The topological polar surface area (TPSA) is 68.2 Å². The number of nitrogens with zero attached hydrogens (tertiary/aromatic N) is 1. The Morgan fingerprint density at radius 3 is 1.89 bits per heavy atom. The standard InChI is InChI=1S/C23H22N2O3/c1-14-5-9-18(10-6-14)24-22(27)20-13-21(17(4)26)23(28)25(16(20)3)19-11-7-15(2)8-12-19/h5-13H,1-4H3,(H,24,27). The predicted octanol–water partition coefficient (Wildman–Crippen LogP) is 4.22. The van der Waals surface area contributed by atoms with Crippen LogP contribution in [0.5, 0.6) is 0 Å². The van der Waals surface area contributed by atoms with Gasteiger partial charge in [-0.15, -0.1) is 0 Å². The van der Waals surface area contributed by atoms with Crippen LogP contribution in [-0.4, -0.2) is 16.3 Å². The van der Waals surface area contributed by atoms with E-state index in [0.717, 1.165) is 11.1 Å². The maximum atomic E-state index is 12.9. The summed E-state index contributed by atoms with van der Waals surface area (Å²) in [6, 6.07) is 16.2. The highest BCUT2D eigenvalue weighted by Crippen LogP contribution is 2.17. The van der Waals surface area contributed by atoms with Gasteiger partial charge in [-0.1, -0.05) is 35.4 Å². The first kappa shape index (κ1) is 19.3. The van der Waals surface area contributed by atoms with Gasteiger partial charge < -0.3 is 5.32 Å². The number of aryl methyl sites for hydroxylation is 2. The van der Waals surface area contributed by atoms with Gasteiger partial charge in [0.15, 0.2) is 5.78 Å². The number of pyridine rings is 1. The Morgan fingerprint density at radius 1 is 0.821 bits per heavy atom. The van der Waals surface area contributed by atoms with Gasteiger partial charge in [0, 0.05) is 17.1 Å². The van der Waals surface area contributed by atoms with Crippen LogP contribution in [0.25, 0.3) is 5.69 Å². The van der Waals surface area contributed by atoms with Crippen LogP contribution < -0.4 is 10.9 Å². The summed E-state index contributed by atoms with van der Waals surface area (Å²) in [5, 5.41) is 2.83. The Kier molecular flexibility index (Phi) is 5.27. The van der Waals surface area contributed by atoms with Crippen molar-refractivity contribution in [2.45, 2.75) is 27.7 Å². The van der Waals surface area contributed by atoms with Crippen LogP contribution in [0.2, 0.25) is 0 Å². The molecule has 3 aromatic rings. The number of aromatic nitrogens is 1. The molecule has 0 aliphatic rings. The zero-order chi connectivity index (χ0) is 20.4. The second kappa shape index (κ2) is 7.64. The lowest BCUT2D eigenvalue weighted by Gasteiger charge is -2.16. The average molecular weight is 374 g/mol. The maximum absolute atomic E-state index is 12.9. The number of anilines is 1. The third-order valence-electron chi connectivity index (χ3n) is 4.67. The maximum Gasteiger partial charge on any atom is 0.266 e. The Labute approximate surface area is 163 Å². The molecule has 0 saturated heterocycles. The van der Waals surface area contributed by atoms with Gasteiger partial charge in [-0.3, -0.25) is 19.0 Å². The van der Waals surface area contributed by atoms with Crippen LogP contribution in [-0.2, 0) is 0 Å². The number of rotatable bonds is 4. The molecule has 3 rings (SSSR count). The molecule has 0 aliphatic heterocycles. The van der Waals surface area contributed by atoms with Crippen LogP contribution >= 0.6 is 0 Å². The molecular weight excluding hydrogens is 352 g/mol. The summed E-state index contributed by atoms with van der Waals surface area (Å²) >= 11 is 0. The number of amides is 1. The van der Waals surface area contributed by atoms with E-state index in [4.69, 9.17) is 0 Å².